The predicted molar refractivity (Wildman–Crippen MR) is 73.7 cm³/mol. The van der Waals surface area contributed by atoms with Crippen LogP contribution in [0.3, 0.4) is 0 Å². The molecule has 1 heterocycles. The van der Waals surface area contributed by atoms with E-state index in [2.05, 4.69) is 0 Å². The van der Waals surface area contributed by atoms with Gasteiger partial charge in [0.25, 0.3) is 0 Å². The number of hydrogen-bond donors (Lipinski definition) is 0. The number of nitrogens with zero attached hydrogens (tertiary/aromatic N) is 1. The van der Waals surface area contributed by atoms with Crippen molar-refractivity contribution < 1.29 is 35.9 Å². The minimum atomic E-state index is -5.02. The molecule has 9 heteroatoms. The average molecular weight is 361 g/mol. The van der Waals surface area contributed by atoms with Crippen LogP contribution in [-0.4, -0.2) is 22.6 Å². The van der Waals surface area contributed by atoms with Gasteiger partial charge in [0.15, 0.2) is 6.29 Å². The van der Waals surface area contributed by atoms with Gasteiger partial charge in [-0.2, -0.15) is 22.0 Å². The van der Waals surface area contributed by atoms with E-state index in [-0.39, 0.29) is 17.7 Å². The molecule has 132 valence electrons. The van der Waals surface area contributed by atoms with Gasteiger partial charge in [0.1, 0.15) is 5.82 Å². The maximum atomic E-state index is 13.6. The third-order valence-electron chi connectivity index (χ3n) is 4.03. The van der Waals surface area contributed by atoms with Gasteiger partial charge >= 0.3 is 12.1 Å². The molecule has 0 unspecified atom stereocenters. The second-order valence-electron chi connectivity index (χ2n) is 5.59. The summed E-state index contributed by atoms with van der Waals surface area (Å²) in [5, 5.41) is 0. The van der Waals surface area contributed by atoms with Crippen molar-refractivity contribution in [2.24, 2.45) is 0 Å². The number of fused-ring (bicyclic) bond motifs is 1. The van der Waals surface area contributed by atoms with Gasteiger partial charge in [-0.1, -0.05) is 0 Å². The van der Waals surface area contributed by atoms with Crippen LogP contribution < -0.4 is 0 Å². The molecule has 0 spiro atoms. The Hall–Kier alpha value is -2.58. The fraction of sp³-hybridized carbons (Fsp3) is 0.250. The van der Waals surface area contributed by atoms with E-state index in [1.54, 1.807) is 0 Å². The standard InChI is InChI=1S/C16H9F6NO2/c17-11-2-1-9(5-8(11)7-24)23-6-10(16(20,21)22)13-12(23)3-4-15(18,19)14(13)25/h1-2,5-7H,3-4H2. The lowest BCUT2D eigenvalue weighted by Gasteiger charge is -2.23. The summed E-state index contributed by atoms with van der Waals surface area (Å²) in [7, 11) is 0. The Morgan fingerprint density at radius 2 is 1.88 bits per heavy atom. The topological polar surface area (TPSA) is 39.1 Å². The van der Waals surface area contributed by atoms with Crippen molar-refractivity contribution in [2.75, 3.05) is 0 Å². The molecule has 0 aliphatic heterocycles. The molecule has 0 atom stereocenters. The van der Waals surface area contributed by atoms with E-state index in [1.165, 1.54) is 0 Å². The van der Waals surface area contributed by atoms with Gasteiger partial charge in [-0.3, -0.25) is 9.59 Å². The summed E-state index contributed by atoms with van der Waals surface area (Å²) in [4.78, 5) is 22.7. The van der Waals surface area contributed by atoms with Crippen molar-refractivity contribution in [1.82, 2.24) is 4.57 Å². The fourth-order valence-electron chi connectivity index (χ4n) is 2.83. The molecule has 0 amide bonds. The molecule has 1 aromatic carbocycles. The Morgan fingerprint density at radius 3 is 2.48 bits per heavy atom. The van der Waals surface area contributed by atoms with Crippen LogP contribution in [0.2, 0.25) is 0 Å². The molecule has 1 aliphatic rings. The molecule has 0 N–H and O–H groups in total. The van der Waals surface area contributed by atoms with Gasteiger partial charge in [0.2, 0.25) is 5.78 Å². The van der Waals surface area contributed by atoms with Gasteiger partial charge in [-0.25, -0.2) is 4.39 Å². The highest BCUT2D eigenvalue weighted by Crippen LogP contribution is 2.42. The number of Topliss-reactive ketones (excluding diaryl/α,β-unsaturated/α-hetero) is 1. The second-order valence-corrected chi connectivity index (χ2v) is 5.59. The third-order valence-corrected chi connectivity index (χ3v) is 4.03. The number of alkyl halides is 5. The van der Waals surface area contributed by atoms with E-state index in [0.717, 1.165) is 22.8 Å². The van der Waals surface area contributed by atoms with E-state index >= 15 is 0 Å². The van der Waals surface area contributed by atoms with Crippen LogP contribution >= 0.6 is 0 Å². The fourth-order valence-corrected chi connectivity index (χ4v) is 2.83. The Bertz CT molecular complexity index is 881. The number of ketones is 1. The number of aldehydes is 1. The van der Waals surface area contributed by atoms with E-state index in [9.17, 15) is 35.9 Å². The summed E-state index contributed by atoms with van der Waals surface area (Å²) in [5.74, 6) is -6.65. The molecular weight excluding hydrogens is 352 g/mol. The molecule has 0 radical (unpaired) electrons. The SMILES string of the molecule is O=Cc1cc(-n2cc(C(F)(F)F)c3c2CCC(F)(F)C3=O)ccc1F. The van der Waals surface area contributed by atoms with Crippen LogP contribution in [0, 0.1) is 5.82 Å². The predicted octanol–water partition coefficient (Wildman–Crippen LogP) is 4.21. The lowest BCUT2D eigenvalue weighted by atomic mass is 9.90. The maximum Gasteiger partial charge on any atom is 0.418 e. The Kier molecular flexibility index (Phi) is 3.77. The minimum absolute atomic E-state index is 0.0340. The van der Waals surface area contributed by atoms with Crippen LogP contribution in [0.1, 0.15) is 38.4 Å². The number of hydrogen-bond acceptors (Lipinski definition) is 2. The number of aromatic nitrogens is 1. The van der Waals surface area contributed by atoms with Gasteiger partial charge in [-0.15, -0.1) is 0 Å². The Morgan fingerprint density at radius 1 is 1.20 bits per heavy atom. The van der Waals surface area contributed by atoms with Crippen LogP contribution in [-0.2, 0) is 12.6 Å². The van der Waals surface area contributed by atoms with E-state index < -0.39 is 53.2 Å². The molecule has 3 nitrogen and oxygen atoms in total. The zero-order chi connectivity index (χ0) is 18.6. The third kappa shape index (κ3) is 2.73. The molecule has 0 fully saturated rings. The highest BCUT2D eigenvalue weighted by atomic mass is 19.4. The zero-order valence-corrected chi connectivity index (χ0v) is 12.3. The van der Waals surface area contributed by atoms with Crippen LogP contribution in [0.15, 0.2) is 24.4 Å². The maximum absolute atomic E-state index is 13.6. The molecule has 0 bridgehead atoms. The number of carbonyl (C=O) groups excluding carboxylic acids is 2. The van der Waals surface area contributed by atoms with Crippen LogP contribution in [0.4, 0.5) is 26.3 Å². The van der Waals surface area contributed by atoms with Crippen molar-refractivity contribution in [3.8, 4) is 5.69 Å². The second kappa shape index (κ2) is 5.47. The van der Waals surface area contributed by atoms with Crippen molar-refractivity contribution >= 4 is 12.1 Å². The Balaban J connectivity index is 2.27. The first kappa shape index (κ1) is 17.2. The molecule has 1 aliphatic carbocycles. The van der Waals surface area contributed by atoms with Crippen LogP contribution in [0.25, 0.3) is 5.69 Å². The van der Waals surface area contributed by atoms with E-state index in [4.69, 9.17) is 0 Å². The lowest BCUT2D eigenvalue weighted by Crippen LogP contribution is -2.35. The van der Waals surface area contributed by atoms with Crippen molar-refractivity contribution in [1.29, 1.82) is 0 Å². The summed E-state index contributed by atoms with van der Waals surface area (Å²) in [5.41, 5.74) is -3.24. The highest BCUT2D eigenvalue weighted by Gasteiger charge is 2.50. The monoisotopic (exact) mass is 361 g/mol. The van der Waals surface area contributed by atoms with Gasteiger partial charge in [0, 0.05) is 24.0 Å². The summed E-state index contributed by atoms with van der Waals surface area (Å²) < 4.78 is 81.2. The molecule has 0 saturated carbocycles. The molecule has 25 heavy (non-hydrogen) atoms. The summed E-state index contributed by atoms with van der Waals surface area (Å²) in [6.45, 7) is 0. The first-order valence-corrected chi connectivity index (χ1v) is 7.05. The number of halogens is 6. The molecular formula is C16H9F6NO2. The molecule has 2 aromatic rings. The largest absolute Gasteiger partial charge is 0.418 e. The van der Waals surface area contributed by atoms with E-state index in [0.29, 0.717) is 6.20 Å². The van der Waals surface area contributed by atoms with E-state index in [1.807, 2.05) is 0 Å². The van der Waals surface area contributed by atoms with Gasteiger partial charge < -0.3 is 4.57 Å². The normalized spacial score (nSPS) is 16.6. The first-order valence-electron chi connectivity index (χ1n) is 7.05. The van der Waals surface area contributed by atoms with Crippen LogP contribution in [0.5, 0.6) is 0 Å². The molecule has 0 saturated heterocycles. The van der Waals surface area contributed by atoms with Crippen molar-refractivity contribution in [3.63, 3.8) is 0 Å². The molecule has 3 rings (SSSR count). The van der Waals surface area contributed by atoms with Crippen molar-refractivity contribution in [2.45, 2.75) is 24.9 Å². The Labute approximate surface area is 136 Å². The quantitative estimate of drug-likeness (QED) is 0.594. The van der Waals surface area contributed by atoms with Gasteiger partial charge in [-0.05, 0) is 24.6 Å². The van der Waals surface area contributed by atoms with Crippen molar-refractivity contribution in [3.05, 3.63) is 52.6 Å². The summed E-state index contributed by atoms with van der Waals surface area (Å²) in [6, 6.07) is 2.96. The zero-order valence-electron chi connectivity index (χ0n) is 12.3. The highest BCUT2D eigenvalue weighted by molar-refractivity contribution is 6.05. The first-order chi connectivity index (χ1) is 11.6. The summed E-state index contributed by atoms with van der Waals surface area (Å²) >= 11 is 0. The average Bonchev–Trinajstić information content (AvgIpc) is 2.92. The molecule has 1 aromatic heterocycles. The number of benzene rings is 1. The van der Waals surface area contributed by atoms with Gasteiger partial charge in [0.05, 0.1) is 16.7 Å². The minimum Gasteiger partial charge on any atom is -0.320 e. The number of rotatable bonds is 2. The number of carbonyl (C=O) groups is 2. The summed E-state index contributed by atoms with van der Waals surface area (Å²) in [6.07, 6.45) is -5.73. The lowest BCUT2D eigenvalue weighted by molar-refractivity contribution is -0.138. The smallest absolute Gasteiger partial charge is 0.320 e.